The van der Waals surface area contributed by atoms with Crippen LogP contribution in [0.1, 0.15) is 26.3 Å². The topological polar surface area (TPSA) is 64.3 Å². The van der Waals surface area contributed by atoms with Crippen molar-refractivity contribution in [1.82, 2.24) is 5.32 Å². The number of rotatable bonds is 4. The molecular formula is C15H22N2O2. The molecule has 2 unspecified atom stereocenters. The van der Waals surface area contributed by atoms with E-state index in [2.05, 4.69) is 19.2 Å². The maximum atomic E-state index is 12.2. The van der Waals surface area contributed by atoms with E-state index in [0.717, 1.165) is 17.9 Å². The van der Waals surface area contributed by atoms with E-state index < -0.39 is 5.54 Å². The van der Waals surface area contributed by atoms with Crippen LogP contribution in [0, 0.1) is 11.8 Å². The quantitative estimate of drug-likeness (QED) is 0.867. The van der Waals surface area contributed by atoms with E-state index in [1.165, 1.54) is 0 Å². The number of hydrogen-bond acceptors (Lipinski definition) is 3. The lowest BCUT2D eigenvalue weighted by Crippen LogP contribution is -2.60. The molecule has 0 spiro atoms. The lowest BCUT2D eigenvalue weighted by Gasteiger charge is -2.42. The van der Waals surface area contributed by atoms with Gasteiger partial charge in [-0.25, -0.2) is 0 Å². The minimum absolute atomic E-state index is 0.00125. The fraction of sp³-hybridized carbons (Fsp3) is 0.533. The molecule has 0 saturated heterocycles. The SMILES string of the molecule is CC(C)CNC1(C(N)=O)c2ccccc2OCC1C. The van der Waals surface area contributed by atoms with Crippen molar-refractivity contribution in [3.8, 4) is 5.75 Å². The Kier molecular flexibility index (Phi) is 3.80. The van der Waals surface area contributed by atoms with Gasteiger partial charge in [-0.2, -0.15) is 0 Å². The summed E-state index contributed by atoms with van der Waals surface area (Å²) < 4.78 is 5.70. The van der Waals surface area contributed by atoms with Gasteiger partial charge in [0.1, 0.15) is 11.3 Å². The molecular weight excluding hydrogens is 240 g/mol. The normalized spacial score (nSPS) is 25.8. The number of ether oxygens (including phenoxy) is 1. The lowest BCUT2D eigenvalue weighted by molar-refractivity contribution is -0.128. The monoisotopic (exact) mass is 262 g/mol. The third-order valence-corrected chi connectivity index (χ3v) is 3.72. The predicted molar refractivity (Wildman–Crippen MR) is 74.8 cm³/mol. The number of fused-ring (bicyclic) bond motifs is 1. The number of primary amides is 1. The molecule has 1 aromatic carbocycles. The van der Waals surface area contributed by atoms with Gasteiger partial charge in [-0.15, -0.1) is 0 Å². The smallest absolute Gasteiger partial charge is 0.242 e. The minimum atomic E-state index is -0.834. The van der Waals surface area contributed by atoms with Gasteiger partial charge in [0.05, 0.1) is 6.61 Å². The zero-order chi connectivity index (χ0) is 14.0. The van der Waals surface area contributed by atoms with E-state index in [0.29, 0.717) is 12.5 Å². The van der Waals surface area contributed by atoms with E-state index >= 15 is 0 Å². The highest BCUT2D eigenvalue weighted by Crippen LogP contribution is 2.40. The summed E-state index contributed by atoms with van der Waals surface area (Å²) in [5.74, 6) is 0.851. The zero-order valence-electron chi connectivity index (χ0n) is 11.8. The van der Waals surface area contributed by atoms with Crippen LogP contribution in [-0.4, -0.2) is 19.1 Å². The molecule has 1 heterocycles. The summed E-state index contributed by atoms with van der Waals surface area (Å²) in [7, 11) is 0. The van der Waals surface area contributed by atoms with Gasteiger partial charge in [-0.1, -0.05) is 39.0 Å². The highest BCUT2D eigenvalue weighted by Gasteiger charge is 2.48. The molecule has 0 aliphatic carbocycles. The van der Waals surface area contributed by atoms with E-state index in [1.807, 2.05) is 31.2 Å². The minimum Gasteiger partial charge on any atom is -0.493 e. The average Bonchev–Trinajstić information content (AvgIpc) is 2.37. The highest BCUT2D eigenvalue weighted by atomic mass is 16.5. The molecule has 104 valence electrons. The first-order valence-corrected chi connectivity index (χ1v) is 6.75. The average molecular weight is 262 g/mol. The van der Waals surface area contributed by atoms with Crippen molar-refractivity contribution in [2.75, 3.05) is 13.2 Å². The first-order chi connectivity index (χ1) is 8.98. The molecule has 0 radical (unpaired) electrons. The summed E-state index contributed by atoms with van der Waals surface area (Å²) in [4.78, 5) is 12.2. The Morgan fingerprint density at radius 3 is 2.84 bits per heavy atom. The Morgan fingerprint density at radius 2 is 2.21 bits per heavy atom. The molecule has 0 fully saturated rings. The molecule has 4 nitrogen and oxygen atoms in total. The Labute approximate surface area is 114 Å². The molecule has 0 aromatic heterocycles. The predicted octanol–water partition coefficient (Wildman–Crippen LogP) is 1.64. The molecule has 1 aliphatic heterocycles. The van der Waals surface area contributed by atoms with Crippen LogP contribution in [0.4, 0.5) is 0 Å². The molecule has 2 rings (SSSR count). The third-order valence-electron chi connectivity index (χ3n) is 3.72. The van der Waals surface area contributed by atoms with Gasteiger partial charge in [0.15, 0.2) is 0 Å². The van der Waals surface area contributed by atoms with Gasteiger partial charge < -0.3 is 10.5 Å². The van der Waals surface area contributed by atoms with Crippen LogP contribution in [0.15, 0.2) is 24.3 Å². The third kappa shape index (κ3) is 2.32. The summed E-state index contributed by atoms with van der Waals surface area (Å²) in [5, 5.41) is 3.39. The number of nitrogens with two attached hydrogens (primary N) is 1. The van der Waals surface area contributed by atoms with Crippen LogP contribution < -0.4 is 15.8 Å². The number of amides is 1. The second kappa shape index (κ2) is 5.21. The van der Waals surface area contributed by atoms with Gasteiger partial charge in [0.25, 0.3) is 0 Å². The van der Waals surface area contributed by atoms with Crippen molar-refractivity contribution in [1.29, 1.82) is 0 Å². The number of carbonyl (C=O) groups is 1. The largest absolute Gasteiger partial charge is 0.493 e. The van der Waals surface area contributed by atoms with Crippen LogP contribution in [0.3, 0.4) is 0 Å². The Morgan fingerprint density at radius 1 is 1.53 bits per heavy atom. The molecule has 3 N–H and O–H groups in total. The lowest BCUT2D eigenvalue weighted by atomic mass is 9.76. The van der Waals surface area contributed by atoms with E-state index in [4.69, 9.17) is 10.5 Å². The zero-order valence-corrected chi connectivity index (χ0v) is 11.8. The summed E-state index contributed by atoms with van der Waals surface area (Å²) in [5.41, 5.74) is 5.75. The van der Waals surface area contributed by atoms with E-state index in [1.54, 1.807) is 0 Å². The number of carbonyl (C=O) groups excluding carboxylic acids is 1. The molecule has 1 aromatic rings. The second-order valence-corrected chi connectivity index (χ2v) is 5.66. The van der Waals surface area contributed by atoms with Crippen molar-refractivity contribution in [2.45, 2.75) is 26.3 Å². The van der Waals surface area contributed by atoms with Crippen molar-refractivity contribution < 1.29 is 9.53 Å². The fourth-order valence-electron chi connectivity index (χ4n) is 2.62. The molecule has 4 heteroatoms. The van der Waals surface area contributed by atoms with Gasteiger partial charge in [0, 0.05) is 11.5 Å². The summed E-state index contributed by atoms with van der Waals surface area (Å²) >= 11 is 0. The maximum absolute atomic E-state index is 12.2. The Balaban J connectivity index is 2.48. The number of benzene rings is 1. The first kappa shape index (κ1) is 13.9. The molecule has 2 atom stereocenters. The van der Waals surface area contributed by atoms with Crippen molar-refractivity contribution in [3.63, 3.8) is 0 Å². The number of hydrogen-bond donors (Lipinski definition) is 2. The fourth-order valence-corrected chi connectivity index (χ4v) is 2.62. The molecule has 1 amide bonds. The molecule has 0 bridgehead atoms. The molecule has 0 saturated carbocycles. The molecule has 19 heavy (non-hydrogen) atoms. The van der Waals surface area contributed by atoms with Gasteiger partial charge in [-0.3, -0.25) is 10.1 Å². The van der Waals surface area contributed by atoms with Crippen LogP contribution in [0.2, 0.25) is 0 Å². The van der Waals surface area contributed by atoms with Gasteiger partial charge in [0.2, 0.25) is 5.91 Å². The second-order valence-electron chi connectivity index (χ2n) is 5.66. The Hall–Kier alpha value is -1.55. The standard InChI is InChI=1S/C15H22N2O2/c1-10(2)8-17-15(14(16)18)11(3)9-19-13-7-5-4-6-12(13)15/h4-7,10-11,17H,8-9H2,1-3H3,(H2,16,18). The van der Waals surface area contributed by atoms with Crippen LogP contribution >= 0.6 is 0 Å². The Bertz CT molecular complexity index is 473. The van der Waals surface area contributed by atoms with Gasteiger partial charge >= 0.3 is 0 Å². The summed E-state index contributed by atoms with van der Waals surface area (Å²) in [6.07, 6.45) is 0. The first-order valence-electron chi connectivity index (χ1n) is 6.75. The van der Waals surface area contributed by atoms with Gasteiger partial charge in [-0.05, 0) is 18.5 Å². The van der Waals surface area contributed by atoms with Crippen molar-refractivity contribution >= 4 is 5.91 Å². The van der Waals surface area contributed by atoms with Crippen LogP contribution in [-0.2, 0) is 10.3 Å². The van der Waals surface area contributed by atoms with Crippen LogP contribution in [0.5, 0.6) is 5.75 Å². The van der Waals surface area contributed by atoms with E-state index in [9.17, 15) is 4.79 Å². The maximum Gasteiger partial charge on any atom is 0.242 e. The molecule has 1 aliphatic rings. The van der Waals surface area contributed by atoms with Crippen LogP contribution in [0.25, 0.3) is 0 Å². The number of para-hydroxylation sites is 1. The van der Waals surface area contributed by atoms with Crippen molar-refractivity contribution in [2.24, 2.45) is 17.6 Å². The van der Waals surface area contributed by atoms with Crippen molar-refractivity contribution in [3.05, 3.63) is 29.8 Å². The number of nitrogens with one attached hydrogen (secondary N) is 1. The summed E-state index contributed by atoms with van der Waals surface area (Å²) in [6, 6.07) is 7.62. The van der Waals surface area contributed by atoms with E-state index in [-0.39, 0.29) is 11.8 Å². The summed E-state index contributed by atoms with van der Waals surface area (Å²) in [6.45, 7) is 7.44. The highest BCUT2D eigenvalue weighted by molar-refractivity contribution is 5.88.